The van der Waals surface area contributed by atoms with Crippen molar-refractivity contribution in [1.29, 1.82) is 0 Å². The number of hydrogen-bond donors (Lipinski definition) is 2. The Labute approximate surface area is 102 Å². The average Bonchev–Trinajstić information content (AvgIpc) is 2.68. The number of aliphatic carboxylic acids is 1. The molecule has 5 nitrogen and oxygen atoms in total. The molecule has 0 aliphatic carbocycles. The predicted octanol–water partition coefficient (Wildman–Crippen LogP) is 2.13. The highest BCUT2D eigenvalue weighted by Gasteiger charge is 2.07. The van der Waals surface area contributed by atoms with Crippen LogP contribution in [-0.4, -0.2) is 26.1 Å². The lowest BCUT2D eigenvalue weighted by Crippen LogP contribution is -2.08. The van der Waals surface area contributed by atoms with Gasteiger partial charge in [0.2, 0.25) is 0 Å². The number of carbonyl (C=O) groups is 1. The van der Waals surface area contributed by atoms with Crippen LogP contribution in [0.25, 0.3) is 11.0 Å². The van der Waals surface area contributed by atoms with Crippen LogP contribution in [0.2, 0.25) is 0 Å². The molecule has 88 valence electrons. The fourth-order valence-electron chi connectivity index (χ4n) is 1.35. The van der Waals surface area contributed by atoms with Crippen LogP contribution in [0.5, 0.6) is 6.01 Å². The number of nitrogens with one attached hydrogen (secondary N) is 1. The summed E-state index contributed by atoms with van der Waals surface area (Å²) in [4.78, 5) is 17.5. The van der Waals surface area contributed by atoms with E-state index in [2.05, 4.69) is 9.97 Å². The highest BCUT2D eigenvalue weighted by molar-refractivity contribution is 7.80. The first-order valence-corrected chi connectivity index (χ1v) is 5.43. The van der Waals surface area contributed by atoms with Crippen molar-refractivity contribution >= 4 is 34.3 Å². The number of carboxylic acid groups (broad SMARTS) is 1. The van der Waals surface area contributed by atoms with Crippen molar-refractivity contribution < 1.29 is 14.6 Å². The van der Waals surface area contributed by atoms with E-state index in [0.29, 0.717) is 6.01 Å². The first-order chi connectivity index (χ1) is 8.15. The number of para-hydroxylation sites is 2. The maximum atomic E-state index is 10.4. The zero-order chi connectivity index (χ0) is 12.3. The van der Waals surface area contributed by atoms with Crippen molar-refractivity contribution in [3.8, 4) is 6.01 Å². The molecule has 0 unspecified atom stereocenters. The molecule has 0 fully saturated rings. The number of aromatic nitrogens is 2. The summed E-state index contributed by atoms with van der Waals surface area (Å²) in [6.07, 6.45) is 0.154. The van der Waals surface area contributed by atoms with Gasteiger partial charge in [-0.25, -0.2) is 0 Å². The molecule has 2 N–H and O–H groups in total. The van der Waals surface area contributed by atoms with Gasteiger partial charge in [-0.05, 0) is 24.4 Å². The molecular formula is C11H10N2O3S. The SMILES string of the molecule is O=C(O)CCC(=S)Oc1nc2ccccc2[nH]1. The van der Waals surface area contributed by atoms with Crippen molar-refractivity contribution in [3.63, 3.8) is 0 Å². The van der Waals surface area contributed by atoms with E-state index >= 15 is 0 Å². The Bertz CT molecular complexity index is 532. The standard InChI is InChI=1S/C11H10N2O3S/c14-9(15)5-6-10(17)16-11-12-7-3-1-2-4-8(7)13-11/h1-4H,5-6H2,(H,12,13)(H,14,15). The molecule has 6 heteroatoms. The molecule has 2 rings (SSSR count). The molecule has 0 saturated carbocycles. The van der Waals surface area contributed by atoms with E-state index in [1.165, 1.54) is 0 Å². The van der Waals surface area contributed by atoms with Gasteiger partial charge in [-0.3, -0.25) is 4.79 Å². The minimum atomic E-state index is -0.902. The lowest BCUT2D eigenvalue weighted by molar-refractivity contribution is -0.136. The monoisotopic (exact) mass is 250 g/mol. The van der Waals surface area contributed by atoms with Crippen LogP contribution in [0.1, 0.15) is 12.8 Å². The van der Waals surface area contributed by atoms with Gasteiger partial charge in [0.25, 0.3) is 0 Å². The van der Waals surface area contributed by atoms with Crippen molar-refractivity contribution in [2.24, 2.45) is 0 Å². The quantitative estimate of drug-likeness (QED) is 0.813. The molecule has 0 amide bonds. The number of ether oxygens (including phenoxy) is 1. The number of H-pyrrole nitrogens is 1. The minimum absolute atomic E-state index is 0.0426. The van der Waals surface area contributed by atoms with Gasteiger partial charge in [0.05, 0.1) is 17.5 Å². The predicted molar refractivity (Wildman–Crippen MR) is 66.2 cm³/mol. The van der Waals surface area contributed by atoms with E-state index in [0.717, 1.165) is 11.0 Å². The van der Waals surface area contributed by atoms with Crippen LogP contribution in [0.4, 0.5) is 0 Å². The van der Waals surface area contributed by atoms with Crippen molar-refractivity contribution in [2.75, 3.05) is 0 Å². The minimum Gasteiger partial charge on any atom is -0.481 e. The number of aromatic amines is 1. The summed E-state index contributed by atoms with van der Waals surface area (Å²) in [6, 6.07) is 7.76. The molecule has 0 saturated heterocycles. The first kappa shape index (κ1) is 11.5. The van der Waals surface area contributed by atoms with E-state index < -0.39 is 5.97 Å². The first-order valence-electron chi connectivity index (χ1n) is 5.02. The second-order valence-corrected chi connectivity index (χ2v) is 3.88. The van der Waals surface area contributed by atoms with Crippen LogP contribution in [0.15, 0.2) is 24.3 Å². The van der Waals surface area contributed by atoms with Crippen LogP contribution in [0, 0.1) is 0 Å². The number of benzene rings is 1. The van der Waals surface area contributed by atoms with Crippen LogP contribution in [0.3, 0.4) is 0 Å². The number of carboxylic acids is 1. The summed E-state index contributed by atoms with van der Waals surface area (Å²) in [5, 5.41) is 8.72. The molecule has 1 aromatic carbocycles. The summed E-state index contributed by atoms with van der Waals surface area (Å²) < 4.78 is 5.25. The third kappa shape index (κ3) is 3.01. The zero-order valence-electron chi connectivity index (χ0n) is 8.84. The van der Waals surface area contributed by atoms with Gasteiger partial charge in [-0.1, -0.05) is 12.1 Å². The third-order valence-corrected chi connectivity index (χ3v) is 2.41. The van der Waals surface area contributed by atoms with E-state index in [1.807, 2.05) is 24.3 Å². The van der Waals surface area contributed by atoms with Crippen molar-refractivity contribution in [2.45, 2.75) is 12.8 Å². The van der Waals surface area contributed by atoms with Gasteiger partial charge >= 0.3 is 12.0 Å². The Morgan fingerprint density at radius 1 is 1.41 bits per heavy atom. The van der Waals surface area contributed by atoms with Crippen molar-refractivity contribution in [1.82, 2.24) is 9.97 Å². The molecule has 2 aromatic rings. The van der Waals surface area contributed by atoms with E-state index in [-0.39, 0.29) is 17.9 Å². The van der Waals surface area contributed by atoms with E-state index in [4.69, 9.17) is 22.1 Å². The number of fused-ring (bicyclic) bond motifs is 1. The lowest BCUT2D eigenvalue weighted by atomic mass is 10.3. The van der Waals surface area contributed by atoms with E-state index in [1.54, 1.807) is 0 Å². The van der Waals surface area contributed by atoms with Gasteiger partial charge in [-0.15, -0.1) is 0 Å². The van der Waals surface area contributed by atoms with Crippen LogP contribution >= 0.6 is 12.2 Å². The van der Waals surface area contributed by atoms with Gasteiger partial charge < -0.3 is 14.8 Å². The number of imidazole rings is 1. The topological polar surface area (TPSA) is 75.2 Å². The van der Waals surface area contributed by atoms with E-state index in [9.17, 15) is 4.79 Å². The van der Waals surface area contributed by atoms with Gasteiger partial charge in [0.15, 0.2) is 5.05 Å². The number of rotatable bonds is 4. The maximum absolute atomic E-state index is 10.4. The molecule has 0 aliphatic heterocycles. The molecule has 0 aliphatic rings. The molecule has 0 spiro atoms. The molecule has 17 heavy (non-hydrogen) atoms. The highest BCUT2D eigenvalue weighted by atomic mass is 32.1. The van der Waals surface area contributed by atoms with Gasteiger partial charge in [-0.2, -0.15) is 4.98 Å². The molecule has 1 heterocycles. The molecule has 1 aromatic heterocycles. The Kier molecular flexibility index (Phi) is 3.34. The largest absolute Gasteiger partial charge is 0.481 e. The van der Waals surface area contributed by atoms with Crippen molar-refractivity contribution in [3.05, 3.63) is 24.3 Å². The van der Waals surface area contributed by atoms with Crippen LogP contribution < -0.4 is 4.74 Å². The molecule has 0 radical (unpaired) electrons. The number of hydrogen-bond acceptors (Lipinski definition) is 4. The van der Waals surface area contributed by atoms with Crippen LogP contribution in [-0.2, 0) is 4.79 Å². The normalized spacial score (nSPS) is 10.4. The summed E-state index contributed by atoms with van der Waals surface area (Å²) in [5.41, 5.74) is 1.63. The average molecular weight is 250 g/mol. The smallest absolute Gasteiger partial charge is 0.303 e. The Morgan fingerprint density at radius 2 is 2.18 bits per heavy atom. The summed E-state index contributed by atoms with van der Waals surface area (Å²) in [7, 11) is 0. The maximum Gasteiger partial charge on any atom is 0.303 e. The molecular weight excluding hydrogens is 240 g/mol. The fourth-order valence-corrected chi connectivity index (χ4v) is 1.53. The van der Waals surface area contributed by atoms with Gasteiger partial charge in [0.1, 0.15) is 0 Å². The Morgan fingerprint density at radius 3 is 2.88 bits per heavy atom. The fraction of sp³-hybridized carbons (Fsp3) is 0.182. The summed E-state index contributed by atoms with van der Waals surface area (Å²) in [6.45, 7) is 0. The Balaban J connectivity index is 2.03. The lowest BCUT2D eigenvalue weighted by Gasteiger charge is -2.00. The Hall–Kier alpha value is -1.95. The molecule has 0 atom stereocenters. The third-order valence-electron chi connectivity index (χ3n) is 2.12. The summed E-state index contributed by atoms with van der Waals surface area (Å²) in [5.74, 6) is -0.902. The molecule has 0 bridgehead atoms. The highest BCUT2D eigenvalue weighted by Crippen LogP contribution is 2.15. The second kappa shape index (κ2) is 4.92. The number of nitrogens with zero attached hydrogens (tertiary/aromatic N) is 1. The summed E-state index contributed by atoms with van der Waals surface area (Å²) >= 11 is 4.91. The van der Waals surface area contributed by atoms with Gasteiger partial charge in [0, 0.05) is 6.42 Å². The second-order valence-electron chi connectivity index (χ2n) is 3.43. The number of thiocarbonyl (C=S) groups is 1. The zero-order valence-corrected chi connectivity index (χ0v) is 9.66.